The van der Waals surface area contributed by atoms with Gasteiger partial charge in [-0.25, -0.2) is 9.78 Å². The molecule has 1 aliphatic heterocycles. The summed E-state index contributed by atoms with van der Waals surface area (Å²) in [6.45, 7) is 1.93. The van der Waals surface area contributed by atoms with Crippen LogP contribution in [-0.2, 0) is 6.61 Å². The van der Waals surface area contributed by atoms with Crippen molar-refractivity contribution < 1.29 is 19.1 Å². The minimum absolute atomic E-state index is 0.140. The molecule has 2 amide bonds. The summed E-state index contributed by atoms with van der Waals surface area (Å²) in [5, 5.41) is 0.644. The van der Waals surface area contributed by atoms with E-state index in [9.17, 15) is 9.59 Å². The maximum absolute atomic E-state index is 12.8. The molecule has 9 heteroatoms. The first-order valence-corrected chi connectivity index (χ1v) is 10.5. The van der Waals surface area contributed by atoms with Crippen LogP contribution in [0.2, 0.25) is 5.02 Å². The lowest BCUT2D eigenvalue weighted by Crippen LogP contribution is -2.51. The fourth-order valence-electron chi connectivity index (χ4n) is 3.22. The van der Waals surface area contributed by atoms with Gasteiger partial charge in [-0.1, -0.05) is 23.7 Å². The van der Waals surface area contributed by atoms with Gasteiger partial charge in [-0.05, 0) is 35.9 Å². The molecule has 0 N–H and O–H groups in total. The summed E-state index contributed by atoms with van der Waals surface area (Å²) in [6.07, 6.45) is 4.13. The Hall–Kier alpha value is -3.65. The molecule has 1 aromatic carbocycles. The van der Waals surface area contributed by atoms with Crippen LogP contribution in [0.1, 0.15) is 15.9 Å². The third-order valence-corrected chi connectivity index (χ3v) is 5.16. The quantitative estimate of drug-likeness (QED) is 0.587. The van der Waals surface area contributed by atoms with Crippen molar-refractivity contribution in [3.05, 3.63) is 83.3 Å². The second-order valence-corrected chi connectivity index (χ2v) is 7.58. The van der Waals surface area contributed by atoms with Crippen molar-refractivity contribution >= 4 is 23.6 Å². The molecule has 0 aliphatic carbocycles. The van der Waals surface area contributed by atoms with Crippen LogP contribution in [0.4, 0.5) is 4.79 Å². The van der Waals surface area contributed by atoms with Crippen molar-refractivity contribution in [2.75, 3.05) is 26.2 Å². The second-order valence-electron chi connectivity index (χ2n) is 7.14. The van der Waals surface area contributed by atoms with Gasteiger partial charge in [-0.2, -0.15) is 0 Å². The highest BCUT2D eigenvalue weighted by Crippen LogP contribution is 2.16. The number of hydrogen-bond donors (Lipinski definition) is 0. The Labute approximate surface area is 190 Å². The van der Waals surface area contributed by atoms with Crippen LogP contribution in [-0.4, -0.2) is 57.9 Å². The van der Waals surface area contributed by atoms with Crippen LogP contribution >= 0.6 is 11.6 Å². The van der Waals surface area contributed by atoms with Crippen LogP contribution in [0.15, 0.2) is 67.1 Å². The zero-order chi connectivity index (χ0) is 22.3. The lowest BCUT2D eigenvalue weighted by atomic mass is 10.2. The van der Waals surface area contributed by atoms with E-state index in [0.717, 1.165) is 5.56 Å². The Morgan fingerprint density at radius 2 is 1.78 bits per heavy atom. The summed E-state index contributed by atoms with van der Waals surface area (Å²) in [7, 11) is 0. The van der Waals surface area contributed by atoms with E-state index in [1.165, 1.54) is 12.4 Å². The SMILES string of the molecule is O=C(Oc1cccnc1)N1CCN(C(=O)c2ccc(OCc3cccc(Cl)c3)nc2)CC1. The van der Waals surface area contributed by atoms with Crippen LogP contribution in [0.3, 0.4) is 0 Å². The van der Waals surface area contributed by atoms with E-state index in [-0.39, 0.29) is 5.91 Å². The van der Waals surface area contributed by atoms with Crippen molar-refractivity contribution in [1.82, 2.24) is 19.8 Å². The first kappa shape index (κ1) is 21.6. The van der Waals surface area contributed by atoms with Gasteiger partial charge in [0.1, 0.15) is 6.61 Å². The van der Waals surface area contributed by atoms with E-state index in [0.29, 0.717) is 55.0 Å². The van der Waals surface area contributed by atoms with Gasteiger partial charge in [-0.3, -0.25) is 9.78 Å². The number of benzene rings is 1. The van der Waals surface area contributed by atoms with Crippen molar-refractivity contribution in [3.63, 3.8) is 0 Å². The first-order valence-electron chi connectivity index (χ1n) is 10.1. The van der Waals surface area contributed by atoms with E-state index in [2.05, 4.69) is 9.97 Å². The Kier molecular flexibility index (Phi) is 6.81. The maximum Gasteiger partial charge on any atom is 0.415 e. The number of piperazine rings is 1. The highest BCUT2D eigenvalue weighted by atomic mass is 35.5. The van der Waals surface area contributed by atoms with Gasteiger partial charge in [0, 0.05) is 49.7 Å². The molecule has 0 spiro atoms. The molecule has 0 bridgehead atoms. The van der Waals surface area contributed by atoms with Gasteiger partial charge in [0.15, 0.2) is 5.75 Å². The van der Waals surface area contributed by atoms with Gasteiger partial charge in [0.05, 0.1) is 11.8 Å². The summed E-state index contributed by atoms with van der Waals surface area (Å²) in [5.41, 5.74) is 1.39. The molecular weight excluding hydrogens is 432 g/mol. The molecule has 1 saturated heterocycles. The van der Waals surface area contributed by atoms with Gasteiger partial charge in [-0.15, -0.1) is 0 Å². The molecule has 0 saturated carbocycles. The highest BCUT2D eigenvalue weighted by molar-refractivity contribution is 6.30. The zero-order valence-electron chi connectivity index (χ0n) is 17.2. The highest BCUT2D eigenvalue weighted by Gasteiger charge is 2.26. The smallest absolute Gasteiger partial charge is 0.415 e. The number of pyridine rings is 2. The molecular formula is C23H21ClN4O4. The Morgan fingerprint density at radius 3 is 2.47 bits per heavy atom. The summed E-state index contributed by atoms with van der Waals surface area (Å²) in [4.78, 5) is 36.5. The number of carbonyl (C=O) groups is 2. The zero-order valence-corrected chi connectivity index (χ0v) is 17.9. The molecule has 1 aliphatic rings. The number of halogens is 1. The summed E-state index contributed by atoms with van der Waals surface area (Å²) < 4.78 is 11.0. The molecule has 0 radical (unpaired) electrons. The Bertz CT molecular complexity index is 1070. The van der Waals surface area contributed by atoms with E-state index < -0.39 is 6.09 Å². The van der Waals surface area contributed by atoms with Crippen molar-refractivity contribution in [2.45, 2.75) is 6.61 Å². The summed E-state index contributed by atoms with van der Waals surface area (Å²) >= 11 is 5.97. The van der Waals surface area contributed by atoms with Crippen LogP contribution < -0.4 is 9.47 Å². The third kappa shape index (κ3) is 5.53. The fraction of sp³-hybridized carbons (Fsp3) is 0.217. The average molecular weight is 453 g/mol. The number of ether oxygens (including phenoxy) is 2. The topological polar surface area (TPSA) is 84.9 Å². The average Bonchev–Trinajstić information content (AvgIpc) is 2.83. The number of hydrogen-bond acceptors (Lipinski definition) is 6. The van der Waals surface area contributed by atoms with Gasteiger partial charge in [0.25, 0.3) is 5.91 Å². The van der Waals surface area contributed by atoms with Gasteiger partial charge >= 0.3 is 6.09 Å². The summed E-state index contributed by atoms with van der Waals surface area (Å²) in [5.74, 6) is 0.670. The molecule has 32 heavy (non-hydrogen) atoms. The monoisotopic (exact) mass is 452 g/mol. The number of nitrogens with zero attached hydrogens (tertiary/aromatic N) is 4. The normalized spacial score (nSPS) is 13.5. The van der Waals surface area contributed by atoms with Crippen LogP contribution in [0.5, 0.6) is 11.6 Å². The predicted octanol–water partition coefficient (Wildman–Crippen LogP) is 3.67. The number of aromatic nitrogens is 2. The van der Waals surface area contributed by atoms with Crippen molar-refractivity contribution in [1.29, 1.82) is 0 Å². The van der Waals surface area contributed by atoms with E-state index in [4.69, 9.17) is 21.1 Å². The molecule has 1 fully saturated rings. The number of carbonyl (C=O) groups excluding carboxylic acids is 2. The van der Waals surface area contributed by atoms with Crippen molar-refractivity contribution in [3.8, 4) is 11.6 Å². The lowest BCUT2D eigenvalue weighted by Gasteiger charge is -2.34. The molecule has 0 unspecified atom stereocenters. The van der Waals surface area contributed by atoms with Crippen LogP contribution in [0, 0.1) is 0 Å². The molecule has 2 aromatic heterocycles. The minimum Gasteiger partial charge on any atom is -0.473 e. The largest absolute Gasteiger partial charge is 0.473 e. The second kappa shape index (κ2) is 10.1. The van der Waals surface area contributed by atoms with Crippen LogP contribution in [0.25, 0.3) is 0 Å². The Morgan fingerprint density at radius 1 is 0.969 bits per heavy atom. The lowest BCUT2D eigenvalue weighted by molar-refractivity contribution is 0.0633. The standard InChI is InChI=1S/C23H21ClN4O4/c24-19-4-1-3-17(13-19)16-31-21-7-6-18(14-26-21)22(29)27-9-11-28(12-10-27)23(30)32-20-5-2-8-25-15-20/h1-8,13-15H,9-12,16H2. The van der Waals surface area contributed by atoms with Gasteiger partial charge < -0.3 is 19.3 Å². The van der Waals surface area contributed by atoms with E-state index in [1.54, 1.807) is 46.3 Å². The molecule has 4 rings (SSSR count). The maximum atomic E-state index is 12.8. The molecule has 8 nitrogen and oxygen atoms in total. The Balaban J connectivity index is 1.27. The minimum atomic E-state index is -0.451. The van der Waals surface area contributed by atoms with E-state index in [1.807, 2.05) is 18.2 Å². The molecule has 3 heterocycles. The molecule has 164 valence electrons. The molecule has 3 aromatic rings. The van der Waals surface area contributed by atoms with E-state index >= 15 is 0 Å². The number of amides is 2. The summed E-state index contributed by atoms with van der Waals surface area (Å²) in [6, 6.07) is 14.1. The molecule has 0 atom stereocenters. The first-order chi connectivity index (χ1) is 15.6. The number of rotatable bonds is 5. The predicted molar refractivity (Wildman–Crippen MR) is 118 cm³/mol. The van der Waals surface area contributed by atoms with Gasteiger partial charge in [0.2, 0.25) is 5.88 Å². The fourth-order valence-corrected chi connectivity index (χ4v) is 3.44. The van der Waals surface area contributed by atoms with Crippen molar-refractivity contribution in [2.24, 2.45) is 0 Å². The third-order valence-electron chi connectivity index (χ3n) is 4.92.